The molecule has 0 aliphatic heterocycles. The lowest BCUT2D eigenvalue weighted by Crippen LogP contribution is -2.12. The number of carbonyl (C=O) groups excluding carboxylic acids is 1. The van der Waals surface area contributed by atoms with E-state index in [1.54, 1.807) is 31.2 Å². The summed E-state index contributed by atoms with van der Waals surface area (Å²) in [6, 6.07) is 8.60. The maximum absolute atomic E-state index is 11.9. The molecule has 104 valence electrons. The van der Waals surface area contributed by atoms with Gasteiger partial charge in [0.05, 0.1) is 0 Å². The lowest BCUT2D eigenvalue weighted by molar-refractivity contribution is -0.136. The van der Waals surface area contributed by atoms with Crippen LogP contribution in [0.15, 0.2) is 34.9 Å². The number of benzene rings is 1. The molecule has 2 rings (SSSR count). The lowest BCUT2D eigenvalue weighted by Gasteiger charge is -2.05. The third kappa shape index (κ3) is 3.68. The highest BCUT2D eigenvalue weighted by Gasteiger charge is 2.11. The van der Waals surface area contributed by atoms with Gasteiger partial charge in [-0.2, -0.15) is 0 Å². The molecule has 0 radical (unpaired) electrons. The fourth-order valence-corrected chi connectivity index (χ4v) is 1.72. The number of nitrogens with zero attached hydrogens (tertiary/aromatic N) is 1. The van der Waals surface area contributed by atoms with Crippen LogP contribution in [0.5, 0.6) is 0 Å². The van der Waals surface area contributed by atoms with Gasteiger partial charge in [-0.15, -0.1) is 0 Å². The molecule has 0 saturated carbocycles. The zero-order chi connectivity index (χ0) is 14.5. The van der Waals surface area contributed by atoms with E-state index in [2.05, 4.69) is 10.5 Å². The van der Waals surface area contributed by atoms with Gasteiger partial charge in [0.15, 0.2) is 5.69 Å². The van der Waals surface area contributed by atoms with E-state index in [9.17, 15) is 9.59 Å². The molecule has 1 aromatic heterocycles. The van der Waals surface area contributed by atoms with Crippen molar-refractivity contribution >= 4 is 17.6 Å². The van der Waals surface area contributed by atoms with E-state index in [1.165, 1.54) is 0 Å². The molecule has 0 spiro atoms. The number of anilines is 1. The quantitative estimate of drug-likeness (QED) is 0.872. The van der Waals surface area contributed by atoms with E-state index in [1.807, 2.05) is 6.07 Å². The van der Waals surface area contributed by atoms with E-state index in [-0.39, 0.29) is 18.0 Å². The van der Waals surface area contributed by atoms with Crippen molar-refractivity contribution in [3.63, 3.8) is 0 Å². The summed E-state index contributed by atoms with van der Waals surface area (Å²) in [4.78, 5) is 22.4. The van der Waals surface area contributed by atoms with Crippen LogP contribution in [0.25, 0.3) is 0 Å². The smallest absolute Gasteiger partial charge is 0.303 e. The standard InChI is InChI=1S/C14H14N2O4/c1-9-7-12(16-20-9)14(19)15-11-4-2-3-10(8-11)5-6-13(17)18/h2-4,7-8H,5-6H2,1H3,(H,15,19)(H,17,18). The summed E-state index contributed by atoms with van der Waals surface area (Å²) in [6.45, 7) is 1.70. The van der Waals surface area contributed by atoms with Crippen LogP contribution in [0.3, 0.4) is 0 Å². The molecule has 1 amide bonds. The Morgan fingerprint density at radius 1 is 1.35 bits per heavy atom. The number of aliphatic carboxylic acids is 1. The molecule has 0 aliphatic rings. The summed E-state index contributed by atoms with van der Waals surface area (Å²) in [6.07, 6.45) is 0.474. The number of hydrogen-bond donors (Lipinski definition) is 2. The fourth-order valence-electron chi connectivity index (χ4n) is 1.72. The molecule has 6 heteroatoms. The first-order chi connectivity index (χ1) is 9.54. The molecule has 0 atom stereocenters. The Morgan fingerprint density at radius 2 is 2.15 bits per heavy atom. The molecule has 6 nitrogen and oxygen atoms in total. The molecule has 0 saturated heterocycles. The second-order valence-corrected chi connectivity index (χ2v) is 4.37. The molecule has 0 fully saturated rings. The summed E-state index contributed by atoms with van der Waals surface area (Å²) < 4.78 is 4.84. The van der Waals surface area contributed by atoms with Crippen molar-refractivity contribution in [1.29, 1.82) is 0 Å². The third-order valence-corrected chi connectivity index (χ3v) is 2.67. The van der Waals surface area contributed by atoms with Crippen molar-refractivity contribution in [3.05, 3.63) is 47.3 Å². The number of aryl methyl sites for hydroxylation is 2. The van der Waals surface area contributed by atoms with E-state index >= 15 is 0 Å². The van der Waals surface area contributed by atoms with E-state index in [0.29, 0.717) is 17.9 Å². The maximum atomic E-state index is 11.9. The van der Waals surface area contributed by atoms with Crippen LogP contribution in [-0.4, -0.2) is 22.1 Å². The molecule has 0 unspecified atom stereocenters. The summed E-state index contributed by atoms with van der Waals surface area (Å²) in [7, 11) is 0. The van der Waals surface area contributed by atoms with Crippen LogP contribution in [0, 0.1) is 6.92 Å². The molecule has 0 aliphatic carbocycles. The van der Waals surface area contributed by atoms with Crippen LogP contribution >= 0.6 is 0 Å². The Labute approximate surface area is 115 Å². The highest BCUT2D eigenvalue weighted by molar-refractivity contribution is 6.02. The van der Waals surface area contributed by atoms with Crippen molar-refractivity contribution in [2.75, 3.05) is 5.32 Å². The minimum absolute atomic E-state index is 0.0554. The Hall–Kier alpha value is -2.63. The van der Waals surface area contributed by atoms with Crippen LogP contribution in [0.4, 0.5) is 5.69 Å². The van der Waals surface area contributed by atoms with Gasteiger partial charge < -0.3 is 14.9 Å². The first kappa shape index (κ1) is 13.8. The van der Waals surface area contributed by atoms with Crippen molar-refractivity contribution < 1.29 is 19.2 Å². The van der Waals surface area contributed by atoms with Gasteiger partial charge in [-0.05, 0) is 31.0 Å². The summed E-state index contributed by atoms with van der Waals surface area (Å²) in [5, 5.41) is 15.0. The van der Waals surface area contributed by atoms with Gasteiger partial charge >= 0.3 is 5.97 Å². The van der Waals surface area contributed by atoms with Crippen LogP contribution in [0.1, 0.15) is 28.2 Å². The van der Waals surface area contributed by atoms with Gasteiger partial charge in [-0.1, -0.05) is 17.3 Å². The number of carboxylic acid groups (broad SMARTS) is 1. The summed E-state index contributed by atoms with van der Waals surface area (Å²) >= 11 is 0. The largest absolute Gasteiger partial charge is 0.481 e. The predicted molar refractivity (Wildman–Crippen MR) is 71.6 cm³/mol. The summed E-state index contributed by atoms with van der Waals surface area (Å²) in [5.74, 6) is -0.653. The fraction of sp³-hybridized carbons (Fsp3) is 0.214. The molecule has 20 heavy (non-hydrogen) atoms. The normalized spacial score (nSPS) is 10.2. The van der Waals surface area contributed by atoms with Crippen molar-refractivity contribution in [3.8, 4) is 0 Å². The minimum atomic E-state index is -0.850. The second-order valence-electron chi connectivity index (χ2n) is 4.37. The maximum Gasteiger partial charge on any atom is 0.303 e. The van der Waals surface area contributed by atoms with Crippen LogP contribution in [-0.2, 0) is 11.2 Å². The number of nitrogens with one attached hydrogen (secondary N) is 1. The van der Waals surface area contributed by atoms with Gasteiger partial charge in [0.25, 0.3) is 5.91 Å². The number of carboxylic acids is 1. The third-order valence-electron chi connectivity index (χ3n) is 2.67. The van der Waals surface area contributed by atoms with Crippen molar-refractivity contribution in [2.45, 2.75) is 19.8 Å². The minimum Gasteiger partial charge on any atom is -0.481 e. The zero-order valence-electron chi connectivity index (χ0n) is 10.9. The van der Waals surface area contributed by atoms with Crippen molar-refractivity contribution in [2.24, 2.45) is 0 Å². The highest BCUT2D eigenvalue weighted by atomic mass is 16.5. The molecular formula is C14H14N2O4. The number of carbonyl (C=O) groups is 2. The van der Waals surface area contributed by atoms with Crippen molar-refractivity contribution in [1.82, 2.24) is 5.16 Å². The van der Waals surface area contributed by atoms with E-state index in [4.69, 9.17) is 9.63 Å². The van der Waals surface area contributed by atoms with Gasteiger partial charge in [0, 0.05) is 18.2 Å². The number of rotatable bonds is 5. The Bertz CT molecular complexity index is 634. The number of hydrogen-bond acceptors (Lipinski definition) is 4. The number of amides is 1. The second kappa shape index (κ2) is 6.01. The SMILES string of the molecule is Cc1cc(C(=O)Nc2cccc(CCC(=O)O)c2)no1. The highest BCUT2D eigenvalue weighted by Crippen LogP contribution is 2.14. The van der Waals surface area contributed by atoms with Gasteiger partial charge in [0.2, 0.25) is 0 Å². The lowest BCUT2D eigenvalue weighted by atomic mass is 10.1. The van der Waals surface area contributed by atoms with Gasteiger partial charge in [-0.25, -0.2) is 0 Å². The average Bonchev–Trinajstić information content (AvgIpc) is 2.84. The summed E-state index contributed by atoms with van der Waals surface area (Å²) in [5.41, 5.74) is 1.65. The monoisotopic (exact) mass is 274 g/mol. The molecule has 2 aromatic rings. The Balaban J connectivity index is 2.04. The van der Waals surface area contributed by atoms with E-state index in [0.717, 1.165) is 5.56 Å². The van der Waals surface area contributed by atoms with Crippen LogP contribution < -0.4 is 5.32 Å². The molecule has 1 heterocycles. The Kier molecular flexibility index (Phi) is 4.14. The van der Waals surface area contributed by atoms with Gasteiger partial charge in [0.1, 0.15) is 5.76 Å². The molecule has 1 aromatic carbocycles. The first-order valence-electron chi connectivity index (χ1n) is 6.10. The van der Waals surface area contributed by atoms with Crippen LogP contribution in [0.2, 0.25) is 0 Å². The van der Waals surface area contributed by atoms with E-state index < -0.39 is 5.97 Å². The average molecular weight is 274 g/mol. The zero-order valence-corrected chi connectivity index (χ0v) is 10.9. The van der Waals surface area contributed by atoms with Gasteiger partial charge in [-0.3, -0.25) is 9.59 Å². The Morgan fingerprint density at radius 3 is 2.80 bits per heavy atom. The topological polar surface area (TPSA) is 92.4 Å². The number of aromatic nitrogens is 1. The molecule has 2 N–H and O–H groups in total. The molecule has 0 bridgehead atoms. The predicted octanol–water partition coefficient (Wildman–Crippen LogP) is 2.25. The first-order valence-corrected chi connectivity index (χ1v) is 6.10. The molecular weight excluding hydrogens is 260 g/mol.